The van der Waals surface area contributed by atoms with E-state index in [4.69, 9.17) is 18.9 Å². The van der Waals surface area contributed by atoms with Crippen molar-refractivity contribution in [1.82, 2.24) is 15.2 Å². The number of fused-ring (bicyclic) bond motifs is 7. The standard InChI is InChI=1S/C70H79N3O9/c1-79-43-71-66-36-48-19-17-44(15-16-45-18-23-62(76)50(29-45)30-46-10-7-12-55(75)31-46)9-8-13-56-37-63(77)49-20-22-57-58(34-49)52(40-74)35-64(78)67(57)81-41-53-33-54(32-51-38-73(39-59(51)53)68(72-66)60(48)42-80-56)70-27-28-82-69(25-5-2-6-26-69)65(70)24-21-47-11-3-4-14-61(47)70/h3-4,7,10-12,14,18,23,29,31-33,35-36,38-39,44,49,56,63,65-66,71-72,74-78H,2,5-6,8-9,13,15-16,20-22,24-28,30,34,37,40-43H2,1H3/t44-,49-,56+,63+,65+,66?,70+/m1/s1. The van der Waals surface area contributed by atoms with Crippen LogP contribution in [0.5, 0.6) is 23.0 Å². The summed E-state index contributed by atoms with van der Waals surface area (Å²) in [5.41, 5.74) is 11.8. The highest BCUT2D eigenvalue weighted by atomic mass is 16.5. The molecule has 1 unspecified atom stereocenters. The molecule has 3 aliphatic carbocycles. The van der Waals surface area contributed by atoms with Gasteiger partial charge in [0, 0.05) is 77.3 Å². The number of phenolic OH excluding ortho intramolecular Hbond substituents is 3. The molecule has 7 atom stereocenters. The van der Waals surface area contributed by atoms with Crippen LogP contribution in [-0.2, 0) is 64.9 Å². The lowest BCUT2D eigenvalue weighted by Crippen LogP contribution is -2.59. The molecular formula is C70H79N3O9. The maximum Gasteiger partial charge on any atom is 0.164 e. The van der Waals surface area contributed by atoms with Gasteiger partial charge in [-0.25, -0.2) is 0 Å². The quantitative estimate of drug-likeness (QED) is 0.0515. The van der Waals surface area contributed by atoms with Gasteiger partial charge in [-0.15, -0.1) is 0 Å². The number of ether oxygens (including phenoxy) is 4. The first-order valence-electron chi connectivity index (χ1n) is 30.4. The van der Waals surface area contributed by atoms with Crippen molar-refractivity contribution in [2.45, 2.75) is 158 Å². The number of hydrogen-bond donors (Lipinski definition) is 7. The molecule has 1 saturated heterocycles. The third kappa shape index (κ3) is 10.5. The molecule has 8 bridgehead atoms. The Morgan fingerprint density at radius 2 is 1.71 bits per heavy atom. The van der Waals surface area contributed by atoms with E-state index in [-0.39, 0.29) is 78.1 Å². The Bertz CT molecular complexity index is 3480. The van der Waals surface area contributed by atoms with Crippen LogP contribution in [0.2, 0.25) is 0 Å². The second-order valence-corrected chi connectivity index (χ2v) is 24.7. The smallest absolute Gasteiger partial charge is 0.164 e. The van der Waals surface area contributed by atoms with E-state index in [9.17, 15) is 25.5 Å². The van der Waals surface area contributed by atoms with Crippen molar-refractivity contribution in [3.8, 4) is 34.8 Å². The van der Waals surface area contributed by atoms with Gasteiger partial charge in [-0.2, -0.15) is 0 Å². The Kier molecular flexibility index (Phi) is 15.5. The van der Waals surface area contributed by atoms with E-state index in [1.807, 2.05) is 18.2 Å². The SMILES string of the molecule is COCNC1C=C2C#C[C@@H](CCc3ccc(O)c(Cc4cccc(O)c4)c3)CCC[C@H]3C[C@H](O)[C@@H]4CCc5c(c(CO)cc(O)c5OCc5cc([C@]67CCOC8(CCCCC8)[C@@H]6CCc6ccccc67)cc6cn(cc56)C(=C2CO3)N1)C4. The van der Waals surface area contributed by atoms with E-state index in [1.54, 1.807) is 31.4 Å². The number of rotatable bonds is 10. The first-order chi connectivity index (χ1) is 40.1. The van der Waals surface area contributed by atoms with Crippen molar-refractivity contribution < 1.29 is 44.5 Å². The summed E-state index contributed by atoms with van der Waals surface area (Å²) in [4.78, 5) is 0. The van der Waals surface area contributed by atoms with Crippen LogP contribution in [0.25, 0.3) is 16.6 Å². The Morgan fingerprint density at radius 3 is 2.57 bits per heavy atom. The van der Waals surface area contributed by atoms with Crippen LogP contribution >= 0.6 is 0 Å². The average molecular weight is 1110 g/mol. The topological polar surface area (TPSA) is 167 Å². The van der Waals surface area contributed by atoms with Gasteiger partial charge in [-0.1, -0.05) is 85.7 Å². The zero-order valence-electron chi connectivity index (χ0n) is 47.4. The van der Waals surface area contributed by atoms with Crippen molar-refractivity contribution in [2.75, 3.05) is 27.1 Å². The normalized spacial score (nSPS) is 25.9. The number of aliphatic hydroxyl groups excluding tert-OH is 2. The number of dihydropyridines is 1. The van der Waals surface area contributed by atoms with E-state index < -0.39 is 6.10 Å². The number of methoxy groups -OCH3 is 1. The highest BCUT2D eigenvalue weighted by Gasteiger charge is 2.58. The number of phenols is 3. The number of aryl methyl sites for hydroxylation is 2. The van der Waals surface area contributed by atoms with Crippen LogP contribution < -0.4 is 15.4 Å². The number of nitrogens with one attached hydrogen (secondary N) is 2. The van der Waals surface area contributed by atoms with Gasteiger partial charge < -0.3 is 54.4 Å². The predicted octanol–water partition coefficient (Wildman–Crippen LogP) is 11.3. The molecule has 428 valence electrons. The number of aromatic nitrogens is 1. The van der Waals surface area contributed by atoms with Crippen molar-refractivity contribution >= 4 is 16.6 Å². The highest BCUT2D eigenvalue weighted by Crippen LogP contribution is 2.60. The maximum absolute atomic E-state index is 12.4. The maximum atomic E-state index is 12.4. The minimum absolute atomic E-state index is 0.0241. The fourth-order valence-electron chi connectivity index (χ4n) is 15.8. The average Bonchev–Trinajstić information content (AvgIpc) is 3.81. The molecule has 8 aliphatic rings. The number of aromatic hydroxyl groups is 3. The lowest BCUT2D eigenvalue weighted by molar-refractivity contribution is -0.166. The first kappa shape index (κ1) is 54.7. The Morgan fingerprint density at radius 1 is 0.817 bits per heavy atom. The van der Waals surface area contributed by atoms with Crippen LogP contribution in [0.3, 0.4) is 0 Å². The Labute approximate surface area is 482 Å². The monoisotopic (exact) mass is 1110 g/mol. The molecule has 0 radical (unpaired) electrons. The van der Waals surface area contributed by atoms with Crippen molar-refractivity contribution in [3.63, 3.8) is 0 Å². The molecule has 5 aromatic carbocycles. The molecule has 82 heavy (non-hydrogen) atoms. The highest BCUT2D eigenvalue weighted by molar-refractivity contribution is 5.89. The lowest BCUT2D eigenvalue weighted by Gasteiger charge is -2.59. The lowest BCUT2D eigenvalue weighted by atomic mass is 9.51. The Balaban J connectivity index is 0.950. The third-order valence-corrected chi connectivity index (χ3v) is 19.9. The minimum Gasteiger partial charge on any atom is -0.508 e. The molecule has 12 heteroatoms. The van der Waals surface area contributed by atoms with E-state index in [1.165, 1.54) is 36.0 Å². The summed E-state index contributed by atoms with van der Waals surface area (Å²) < 4.78 is 29.1. The fourth-order valence-corrected chi connectivity index (χ4v) is 15.8. The molecule has 5 aliphatic heterocycles. The van der Waals surface area contributed by atoms with Crippen LogP contribution in [0.1, 0.15) is 139 Å². The van der Waals surface area contributed by atoms with E-state index in [2.05, 4.69) is 88.0 Å². The van der Waals surface area contributed by atoms with Crippen LogP contribution in [0.4, 0.5) is 0 Å². The van der Waals surface area contributed by atoms with E-state index in [0.29, 0.717) is 56.8 Å². The molecule has 2 fully saturated rings. The van der Waals surface area contributed by atoms with Gasteiger partial charge in [0.25, 0.3) is 0 Å². The molecule has 1 spiro atoms. The Hall–Kier alpha value is -6.56. The number of hydrogen-bond acceptors (Lipinski definition) is 11. The van der Waals surface area contributed by atoms with Crippen molar-refractivity contribution in [1.29, 1.82) is 0 Å². The minimum atomic E-state index is -0.674. The summed E-state index contributed by atoms with van der Waals surface area (Å²) >= 11 is 0. The van der Waals surface area contributed by atoms with Crippen LogP contribution in [0.15, 0.2) is 115 Å². The number of nitrogens with zero attached hydrogens (tertiary/aromatic N) is 1. The molecule has 1 saturated carbocycles. The second kappa shape index (κ2) is 23.2. The summed E-state index contributed by atoms with van der Waals surface area (Å²) in [6, 6.07) is 28.7. The van der Waals surface area contributed by atoms with Crippen LogP contribution in [0, 0.1) is 29.6 Å². The van der Waals surface area contributed by atoms with Gasteiger partial charge in [0.1, 0.15) is 30.1 Å². The van der Waals surface area contributed by atoms with Gasteiger partial charge in [0.2, 0.25) is 0 Å². The van der Waals surface area contributed by atoms with Gasteiger partial charge >= 0.3 is 0 Å². The summed E-state index contributed by atoms with van der Waals surface area (Å²) in [6.07, 6.45) is 20.9. The number of aliphatic hydroxyl groups is 2. The fraction of sp³-hybridized carbons (Fsp3) is 0.457. The largest absolute Gasteiger partial charge is 0.508 e. The van der Waals surface area contributed by atoms with Gasteiger partial charge in [0.15, 0.2) is 11.5 Å². The molecule has 7 N–H and O–H groups in total. The predicted molar refractivity (Wildman–Crippen MR) is 317 cm³/mol. The molecule has 6 aromatic rings. The van der Waals surface area contributed by atoms with Gasteiger partial charge in [0.05, 0.1) is 37.8 Å². The zero-order valence-corrected chi connectivity index (χ0v) is 47.4. The molecule has 6 heterocycles. The zero-order chi connectivity index (χ0) is 56.0. The third-order valence-electron chi connectivity index (χ3n) is 19.9. The van der Waals surface area contributed by atoms with Gasteiger partial charge in [-0.3, -0.25) is 5.32 Å². The molecule has 0 amide bonds. The molecule has 12 nitrogen and oxygen atoms in total. The summed E-state index contributed by atoms with van der Waals surface area (Å²) in [5, 5.41) is 65.7. The van der Waals surface area contributed by atoms with E-state index in [0.717, 1.165) is 125 Å². The molecular weight excluding hydrogens is 1030 g/mol. The second-order valence-electron chi connectivity index (χ2n) is 24.7. The van der Waals surface area contributed by atoms with Crippen molar-refractivity contribution in [2.24, 2.45) is 17.8 Å². The first-order valence-corrected chi connectivity index (χ1v) is 30.4. The summed E-state index contributed by atoms with van der Waals surface area (Å²) in [5.74, 6) is 9.54. The number of benzene rings is 5. The van der Waals surface area contributed by atoms with Crippen LogP contribution in [-0.4, -0.2) is 81.1 Å². The summed E-state index contributed by atoms with van der Waals surface area (Å²) in [7, 11) is 1.69. The molecule has 1 aromatic heterocycles. The van der Waals surface area contributed by atoms with Crippen molar-refractivity contribution in [3.05, 3.63) is 170 Å². The molecule has 14 rings (SSSR count). The van der Waals surface area contributed by atoms with Gasteiger partial charge in [-0.05, 0) is 182 Å². The van der Waals surface area contributed by atoms with E-state index >= 15 is 0 Å². The summed E-state index contributed by atoms with van der Waals surface area (Å²) in [6.45, 7) is 1.24.